The zero-order valence-electron chi connectivity index (χ0n) is 18.9. The quantitative estimate of drug-likeness (QED) is 0.365. The van der Waals surface area contributed by atoms with Gasteiger partial charge in [-0.3, -0.25) is 0 Å². The molecule has 6 heteroatoms. The third-order valence-electron chi connectivity index (χ3n) is 7.64. The van der Waals surface area contributed by atoms with Crippen molar-refractivity contribution in [2.75, 3.05) is 13.1 Å². The minimum Gasteiger partial charge on any atom is -0.344 e. The van der Waals surface area contributed by atoms with E-state index in [2.05, 4.69) is 57.0 Å². The summed E-state index contributed by atoms with van der Waals surface area (Å²) < 4.78 is 0. The number of aryl methyl sites for hydroxylation is 2. The van der Waals surface area contributed by atoms with Crippen molar-refractivity contribution in [1.82, 2.24) is 30.6 Å². The van der Waals surface area contributed by atoms with Crippen molar-refractivity contribution in [2.45, 2.75) is 57.0 Å². The lowest BCUT2D eigenvalue weighted by Crippen LogP contribution is -2.14. The molecule has 2 atom stereocenters. The van der Waals surface area contributed by atoms with E-state index in [1.807, 2.05) is 0 Å². The van der Waals surface area contributed by atoms with Gasteiger partial charge in [0, 0.05) is 11.3 Å². The molecule has 6 nitrogen and oxygen atoms in total. The van der Waals surface area contributed by atoms with Crippen molar-refractivity contribution < 1.29 is 0 Å². The van der Waals surface area contributed by atoms with Crippen LogP contribution in [0.25, 0.3) is 33.4 Å². The molecule has 168 valence electrons. The van der Waals surface area contributed by atoms with Crippen molar-refractivity contribution in [3.8, 4) is 22.4 Å². The predicted molar refractivity (Wildman–Crippen MR) is 131 cm³/mol. The highest BCUT2D eigenvalue weighted by atomic mass is 15.1. The van der Waals surface area contributed by atoms with E-state index in [9.17, 15) is 0 Å². The molecule has 0 spiro atoms. The van der Waals surface area contributed by atoms with E-state index in [0.717, 1.165) is 67.1 Å². The van der Waals surface area contributed by atoms with Gasteiger partial charge in [0.2, 0.25) is 0 Å². The van der Waals surface area contributed by atoms with E-state index in [-0.39, 0.29) is 0 Å². The lowest BCUT2D eigenvalue weighted by Gasteiger charge is -2.10. The minimum absolute atomic E-state index is 0.362. The molecule has 2 saturated heterocycles. The maximum Gasteiger partial charge on any atom is 0.124 e. The molecule has 2 aromatic carbocycles. The van der Waals surface area contributed by atoms with Crippen LogP contribution in [-0.4, -0.2) is 33.0 Å². The number of benzene rings is 2. The third kappa shape index (κ3) is 3.40. The largest absolute Gasteiger partial charge is 0.344 e. The van der Waals surface area contributed by atoms with Crippen LogP contribution in [0.2, 0.25) is 0 Å². The molecule has 7 rings (SSSR count). The summed E-state index contributed by atoms with van der Waals surface area (Å²) in [7, 11) is 0. The highest BCUT2D eigenvalue weighted by molar-refractivity contribution is 5.83. The smallest absolute Gasteiger partial charge is 0.124 e. The van der Waals surface area contributed by atoms with E-state index in [1.165, 1.54) is 47.2 Å². The van der Waals surface area contributed by atoms with Crippen LogP contribution in [0.15, 0.2) is 36.4 Å². The van der Waals surface area contributed by atoms with Crippen LogP contribution in [0.5, 0.6) is 0 Å². The molecular weight excluding hydrogens is 408 g/mol. The number of nitrogens with one attached hydrogen (secondary N) is 4. The second kappa shape index (κ2) is 7.82. The Kier molecular flexibility index (Phi) is 4.62. The monoisotopic (exact) mass is 438 g/mol. The molecule has 3 aliphatic rings. The fourth-order valence-electron chi connectivity index (χ4n) is 5.87. The van der Waals surface area contributed by atoms with Gasteiger partial charge in [-0.1, -0.05) is 24.3 Å². The molecule has 4 heterocycles. The average molecular weight is 439 g/mol. The Balaban J connectivity index is 1.23. The molecule has 0 amide bonds. The summed E-state index contributed by atoms with van der Waals surface area (Å²) >= 11 is 0. The number of nitrogens with zero attached hydrogens (tertiary/aromatic N) is 2. The Morgan fingerprint density at radius 1 is 0.727 bits per heavy atom. The lowest BCUT2D eigenvalue weighted by atomic mass is 9.96. The fraction of sp³-hybridized carbons (Fsp3) is 0.407. The summed E-state index contributed by atoms with van der Waals surface area (Å²) in [5.41, 5.74) is 9.84. The molecule has 33 heavy (non-hydrogen) atoms. The van der Waals surface area contributed by atoms with Gasteiger partial charge in [-0.05, 0) is 86.9 Å². The Morgan fingerprint density at radius 2 is 1.48 bits per heavy atom. The van der Waals surface area contributed by atoms with E-state index in [4.69, 9.17) is 9.97 Å². The van der Waals surface area contributed by atoms with Crippen molar-refractivity contribution in [2.24, 2.45) is 0 Å². The molecule has 4 N–H and O–H groups in total. The Morgan fingerprint density at radius 3 is 2.27 bits per heavy atom. The summed E-state index contributed by atoms with van der Waals surface area (Å²) in [6.07, 6.45) is 8.09. The van der Waals surface area contributed by atoms with Gasteiger partial charge in [0.1, 0.15) is 11.6 Å². The maximum absolute atomic E-state index is 5.08. The van der Waals surface area contributed by atoms with Crippen LogP contribution in [0.4, 0.5) is 0 Å². The average Bonchev–Trinajstić information content (AvgIpc) is 3.64. The topological polar surface area (TPSA) is 81.4 Å². The molecular formula is C27H30N6. The van der Waals surface area contributed by atoms with Crippen molar-refractivity contribution in [3.05, 3.63) is 59.3 Å². The summed E-state index contributed by atoms with van der Waals surface area (Å²) in [6.45, 7) is 2.17. The van der Waals surface area contributed by atoms with E-state index in [1.54, 1.807) is 0 Å². The Bertz CT molecular complexity index is 1320. The second-order valence-corrected chi connectivity index (χ2v) is 9.83. The Hall–Kier alpha value is -2.96. The Labute approximate surface area is 193 Å². The molecule has 2 fully saturated rings. The van der Waals surface area contributed by atoms with Crippen LogP contribution in [0, 0.1) is 0 Å². The molecule has 2 aromatic heterocycles. The third-order valence-corrected chi connectivity index (χ3v) is 7.64. The van der Waals surface area contributed by atoms with Crippen LogP contribution in [0.1, 0.15) is 67.1 Å². The number of aromatic nitrogens is 4. The summed E-state index contributed by atoms with van der Waals surface area (Å²) in [5.74, 6) is 2.19. The molecule has 4 aromatic rings. The van der Waals surface area contributed by atoms with Gasteiger partial charge < -0.3 is 20.6 Å². The highest BCUT2D eigenvalue weighted by Crippen LogP contribution is 2.36. The van der Waals surface area contributed by atoms with Crippen molar-refractivity contribution >= 4 is 11.0 Å². The van der Waals surface area contributed by atoms with Crippen LogP contribution >= 0.6 is 0 Å². The number of imidazole rings is 2. The first-order valence-electron chi connectivity index (χ1n) is 12.5. The van der Waals surface area contributed by atoms with Crippen LogP contribution in [0.3, 0.4) is 0 Å². The zero-order chi connectivity index (χ0) is 21.8. The summed E-state index contributed by atoms with van der Waals surface area (Å²) in [5, 5.41) is 7.12. The van der Waals surface area contributed by atoms with E-state index >= 15 is 0 Å². The number of hydrogen-bond acceptors (Lipinski definition) is 4. The summed E-state index contributed by atoms with van der Waals surface area (Å²) in [4.78, 5) is 17.1. The molecule has 0 bridgehead atoms. The van der Waals surface area contributed by atoms with Gasteiger partial charge in [0.15, 0.2) is 0 Å². The first-order chi connectivity index (χ1) is 16.3. The van der Waals surface area contributed by atoms with Crippen molar-refractivity contribution in [3.63, 3.8) is 0 Å². The molecule has 0 radical (unpaired) electrons. The van der Waals surface area contributed by atoms with Crippen LogP contribution in [-0.2, 0) is 12.8 Å². The van der Waals surface area contributed by atoms with Crippen molar-refractivity contribution in [1.29, 1.82) is 0 Å². The number of rotatable bonds is 3. The number of hydrogen-bond donors (Lipinski definition) is 4. The van der Waals surface area contributed by atoms with Gasteiger partial charge in [0.25, 0.3) is 0 Å². The van der Waals surface area contributed by atoms with Crippen LogP contribution < -0.4 is 10.6 Å². The predicted octanol–water partition coefficient (Wildman–Crippen LogP) is 4.96. The SMILES string of the molecule is c1cc2c(cc1-c1ccc3nc([C@@H]4CCCN4)[nH]c3c1)CCCc1[nH]c([C@@H]3CCCN3)nc1-2. The lowest BCUT2D eigenvalue weighted by molar-refractivity contribution is 0.610. The molecule has 0 unspecified atom stereocenters. The summed E-state index contributed by atoms with van der Waals surface area (Å²) in [6, 6.07) is 14.3. The second-order valence-electron chi connectivity index (χ2n) is 9.83. The molecule has 1 aliphatic carbocycles. The van der Waals surface area contributed by atoms with Gasteiger partial charge in [-0.25, -0.2) is 9.97 Å². The molecule has 2 aliphatic heterocycles. The number of aromatic amines is 2. The maximum atomic E-state index is 5.08. The highest BCUT2D eigenvalue weighted by Gasteiger charge is 2.25. The first-order valence-corrected chi connectivity index (χ1v) is 12.5. The normalized spacial score (nSPS) is 22.4. The van der Waals surface area contributed by atoms with Gasteiger partial charge >= 0.3 is 0 Å². The zero-order valence-corrected chi connectivity index (χ0v) is 18.9. The fourth-order valence-corrected chi connectivity index (χ4v) is 5.87. The minimum atomic E-state index is 0.362. The van der Waals surface area contributed by atoms with E-state index < -0.39 is 0 Å². The standard InChI is InChI=1S/C27H30N6/c1-4-18-14-16(17-9-11-20-24(15-17)32-26(30-20)22-6-2-12-28-22)8-10-19(18)25-21(5-1)31-27(33-25)23-7-3-13-29-23/h8-11,14-15,22-23,28-29H,1-7,12-13H2,(H,30,32)(H,31,33)/t22-,23-/m0/s1. The number of H-pyrrole nitrogens is 2. The van der Waals surface area contributed by atoms with Gasteiger partial charge in [-0.15, -0.1) is 0 Å². The van der Waals surface area contributed by atoms with Gasteiger partial charge in [0.05, 0.1) is 28.8 Å². The number of fused-ring (bicyclic) bond motifs is 4. The first kappa shape index (κ1) is 19.5. The molecule has 0 saturated carbocycles. The van der Waals surface area contributed by atoms with E-state index in [0.29, 0.717) is 12.1 Å². The van der Waals surface area contributed by atoms with Gasteiger partial charge in [-0.2, -0.15) is 0 Å².